The molecule has 43 heavy (non-hydrogen) atoms. The first kappa shape index (κ1) is 29.9. The molecule has 4 aromatic rings. The highest BCUT2D eigenvalue weighted by molar-refractivity contribution is 7.91. The van der Waals surface area contributed by atoms with Gasteiger partial charge in [-0.15, -0.1) is 0 Å². The second-order valence-electron chi connectivity index (χ2n) is 11.4. The zero-order valence-electron chi connectivity index (χ0n) is 24.3. The minimum Gasteiger partial charge on any atom is -0.392 e. The lowest BCUT2D eigenvalue weighted by molar-refractivity contribution is 0.102. The molecule has 1 fully saturated rings. The maximum atomic E-state index is 13.1. The summed E-state index contributed by atoms with van der Waals surface area (Å²) in [7, 11) is -2.96. The summed E-state index contributed by atoms with van der Waals surface area (Å²) in [5.41, 5.74) is 10.6. The molecule has 0 bridgehead atoms. The molecule has 1 aliphatic rings. The maximum Gasteiger partial charge on any atom is 0.255 e. The zero-order chi connectivity index (χ0) is 30.8. The summed E-state index contributed by atoms with van der Waals surface area (Å²) in [5, 5.41) is 16.3. The highest BCUT2D eigenvalue weighted by atomic mass is 32.2. The molecule has 0 spiro atoms. The number of carbonyl (C=O) groups is 1. The van der Waals surface area contributed by atoms with Crippen LogP contribution >= 0.6 is 0 Å². The summed E-state index contributed by atoms with van der Waals surface area (Å²) in [4.78, 5) is 28.1. The van der Waals surface area contributed by atoms with E-state index in [-0.39, 0.29) is 47.2 Å². The van der Waals surface area contributed by atoms with Crippen LogP contribution in [-0.4, -0.2) is 59.0 Å². The van der Waals surface area contributed by atoms with Crippen molar-refractivity contribution in [1.29, 1.82) is 0 Å². The molecule has 5 N–H and O–H groups in total. The number of aliphatic hydroxyl groups is 1. The number of nitrogens with one attached hydrogen (secondary N) is 2. The van der Waals surface area contributed by atoms with Gasteiger partial charge in [-0.1, -0.05) is 45.0 Å². The number of carbonyl (C=O) groups excluding carboxylic acids is 1. The fraction of sp³-hybridized carbons (Fsp3) is 0.290. The molecule has 11 nitrogen and oxygen atoms in total. The van der Waals surface area contributed by atoms with E-state index in [4.69, 9.17) is 5.73 Å². The van der Waals surface area contributed by atoms with Crippen LogP contribution in [0.2, 0.25) is 0 Å². The van der Waals surface area contributed by atoms with Crippen molar-refractivity contribution in [3.05, 3.63) is 83.4 Å². The van der Waals surface area contributed by atoms with Crippen LogP contribution in [0.1, 0.15) is 42.3 Å². The Kier molecular flexibility index (Phi) is 8.34. The predicted octanol–water partition coefficient (Wildman–Crippen LogP) is 4.14. The van der Waals surface area contributed by atoms with E-state index < -0.39 is 9.84 Å². The zero-order valence-corrected chi connectivity index (χ0v) is 25.1. The van der Waals surface area contributed by atoms with E-state index >= 15 is 0 Å². The normalized spacial score (nSPS) is 14.7. The van der Waals surface area contributed by atoms with E-state index in [0.717, 1.165) is 11.3 Å². The van der Waals surface area contributed by atoms with Crippen LogP contribution in [0.3, 0.4) is 0 Å². The average Bonchev–Trinajstić information content (AvgIpc) is 2.97. The fourth-order valence-electron chi connectivity index (χ4n) is 4.82. The van der Waals surface area contributed by atoms with Gasteiger partial charge >= 0.3 is 0 Å². The van der Waals surface area contributed by atoms with Gasteiger partial charge in [-0.05, 0) is 53.4 Å². The number of hydrogen-bond acceptors (Lipinski definition) is 10. The lowest BCUT2D eigenvalue weighted by Crippen LogP contribution is -2.40. The minimum absolute atomic E-state index is 0.0177. The van der Waals surface area contributed by atoms with Crippen LogP contribution in [0.5, 0.6) is 0 Å². The number of aliphatic hydroxyl groups excluding tert-OH is 1. The van der Waals surface area contributed by atoms with Crippen LogP contribution in [-0.2, 0) is 21.9 Å². The van der Waals surface area contributed by atoms with Crippen molar-refractivity contribution in [2.45, 2.75) is 32.8 Å². The highest BCUT2D eigenvalue weighted by Gasteiger charge is 2.22. The third-order valence-electron chi connectivity index (χ3n) is 7.32. The number of amides is 1. The molecule has 0 aliphatic carbocycles. The molecule has 1 aromatic heterocycles. The molecule has 0 saturated carbocycles. The van der Waals surface area contributed by atoms with E-state index in [0.29, 0.717) is 41.2 Å². The first-order valence-electron chi connectivity index (χ1n) is 13.9. The Hall–Kier alpha value is -4.55. The lowest BCUT2D eigenvalue weighted by atomic mass is 9.86. The topological polar surface area (TPSA) is 163 Å². The fourth-order valence-corrected chi connectivity index (χ4v) is 6.03. The van der Waals surface area contributed by atoms with E-state index in [1.807, 2.05) is 41.3 Å². The van der Waals surface area contributed by atoms with Crippen molar-refractivity contribution in [3.63, 3.8) is 0 Å². The van der Waals surface area contributed by atoms with Gasteiger partial charge in [0.15, 0.2) is 15.7 Å². The molecular weight excluding hydrogens is 566 g/mol. The molecule has 0 atom stereocenters. The standard InChI is InChI=1S/C31H35N7O4S/c1-31(2,3)21-9-7-20(8-10-21)28(40)34-26-6-4-5-24(25(26)19-39)27-35-29(32)37-30(36-27)33-22-11-13-23(14-12-22)38-15-17-43(41,42)18-16-38/h4-14,39H,15-19H2,1-3H3,(H,34,40)(H3,32,33,35,36,37). The molecule has 2 heterocycles. The third-order valence-corrected chi connectivity index (χ3v) is 8.93. The summed E-state index contributed by atoms with van der Waals surface area (Å²) in [6.07, 6.45) is 0. The van der Waals surface area contributed by atoms with Crippen LogP contribution in [0.25, 0.3) is 11.4 Å². The number of nitrogen functional groups attached to an aromatic ring is 1. The summed E-state index contributed by atoms with van der Waals surface area (Å²) in [5.74, 6) is 0.402. The van der Waals surface area contributed by atoms with E-state index in [2.05, 4.69) is 46.4 Å². The van der Waals surface area contributed by atoms with Crippen molar-refractivity contribution in [2.24, 2.45) is 0 Å². The molecule has 3 aromatic carbocycles. The van der Waals surface area contributed by atoms with Crippen molar-refractivity contribution < 1.29 is 18.3 Å². The van der Waals surface area contributed by atoms with E-state index in [9.17, 15) is 18.3 Å². The summed E-state index contributed by atoms with van der Waals surface area (Å²) in [6.45, 7) is 6.87. The van der Waals surface area contributed by atoms with Gasteiger partial charge in [-0.3, -0.25) is 4.79 Å². The van der Waals surface area contributed by atoms with Gasteiger partial charge in [0.2, 0.25) is 11.9 Å². The largest absolute Gasteiger partial charge is 0.392 e. The summed E-state index contributed by atoms with van der Waals surface area (Å²) < 4.78 is 23.5. The van der Waals surface area contributed by atoms with Crippen molar-refractivity contribution in [1.82, 2.24) is 15.0 Å². The smallest absolute Gasteiger partial charge is 0.255 e. The molecule has 12 heteroatoms. The van der Waals surface area contributed by atoms with E-state index in [1.54, 1.807) is 30.3 Å². The van der Waals surface area contributed by atoms with Crippen molar-refractivity contribution in [3.8, 4) is 11.4 Å². The SMILES string of the molecule is CC(C)(C)c1ccc(C(=O)Nc2cccc(-c3nc(N)nc(Nc4ccc(N5CCS(=O)(=O)CC5)cc4)n3)c2CO)cc1. The summed E-state index contributed by atoms with van der Waals surface area (Å²) in [6, 6.07) is 20.1. The lowest BCUT2D eigenvalue weighted by Gasteiger charge is -2.28. The maximum absolute atomic E-state index is 13.1. The predicted molar refractivity (Wildman–Crippen MR) is 169 cm³/mol. The van der Waals surface area contributed by atoms with Crippen LogP contribution < -0.4 is 21.3 Å². The molecular formula is C31H35N7O4S. The van der Waals surface area contributed by atoms with Gasteiger partial charge in [0.1, 0.15) is 0 Å². The second-order valence-corrected chi connectivity index (χ2v) is 13.7. The van der Waals surface area contributed by atoms with Gasteiger partial charge in [-0.25, -0.2) is 8.42 Å². The first-order chi connectivity index (χ1) is 20.4. The molecule has 0 unspecified atom stereocenters. The monoisotopic (exact) mass is 601 g/mol. The Bertz CT molecular complexity index is 1720. The van der Waals surface area contributed by atoms with Crippen LogP contribution in [0, 0.1) is 0 Å². The van der Waals surface area contributed by atoms with Crippen molar-refractivity contribution >= 4 is 44.7 Å². The van der Waals surface area contributed by atoms with Gasteiger partial charge in [0.05, 0.1) is 18.1 Å². The van der Waals surface area contributed by atoms with Crippen LogP contribution in [0.15, 0.2) is 66.7 Å². The quantitative estimate of drug-likeness (QED) is 0.242. The minimum atomic E-state index is -2.96. The van der Waals surface area contributed by atoms with Gasteiger partial charge < -0.3 is 26.4 Å². The molecule has 1 amide bonds. The van der Waals surface area contributed by atoms with Crippen LogP contribution in [0.4, 0.5) is 29.0 Å². The number of benzene rings is 3. The number of sulfone groups is 1. The van der Waals surface area contributed by atoms with Gasteiger partial charge in [0.25, 0.3) is 5.91 Å². The molecule has 1 saturated heterocycles. The summed E-state index contributed by atoms with van der Waals surface area (Å²) >= 11 is 0. The van der Waals surface area contributed by atoms with Gasteiger partial charge in [-0.2, -0.15) is 15.0 Å². The first-order valence-corrected chi connectivity index (χ1v) is 15.7. The molecule has 1 aliphatic heterocycles. The van der Waals surface area contributed by atoms with E-state index in [1.165, 1.54) is 0 Å². The average molecular weight is 602 g/mol. The second kappa shape index (κ2) is 12.0. The Labute approximate surface area is 251 Å². The molecule has 224 valence electrons. The Morgan fingerprint density at radius 2 is 1.63 bits per heavy atom. The Morgan fingerprint density at radius 1 is 0.953 bits per heavy atom. The third kappa shape index (κ3) is 7.09. The Balaban J connectivity index is 1.35. The molecule has 5 rings (SSSR count). The number of hydrogen-bond donors (Lipinski definition) is 4. The van der Waals surface area contributed by atoms with Crippen molar-refractivity contribution in [2.75, 3.05) is 45.9 Å². The van der Waals surface area contributed by atoms with Gasteiger partial charge in [0, 0.05) is 46.8 Å². The highest BCUT2D eigenvalue weighted by Crippen LogP contribution is 2.30. The Morgan fingerprint density at radius 3 is 2.26 bits per heavy atom. The number of rotatable bonds is 7. The number of nitrogens with two attached hydrogens (primary N) is 1. The number of nitrogens with zero attached hydrogens (tertiary/aromatic N) is 4. The number of aromatic nitrogens is 3. The number of anilines is 5. The molecule has 0 radical (unpaired) electrons.